The smallest absolute Gasteiger partial charge is 0.276 e. The first-order valence-electron chi connectivity index (χ1n) is 10.4. The number of ether oxygens (including phenoxy) is 1. The molecule has 0 aliphatic heterocycles. The van der Waals surface area contributed by atoms with E-state index in [9.17, 15) is 4.79 Å². The van der Waals surface area contributed by atoms with Gasteiger partial charge in [-0.1, -0.05) is 60.7 Å². The van der Waals surface area contributed by atoms with Gasteiger partial charge >= 0.3 is 0 Å². The first kappa shape index (κ1) is 20.6. The summed E-state index contributed by atoms with van der Waals surface area (Å²) in [5, 5.41) is 2.01. The lowest BCUT2D eigenvalue weighted by Gasteiger charge is -2.22. The standard InChI is InChI=1S/C27H26N2O2/c1-18(2)31-25-16-10-9-15-24(25)29(4)27(30)23-17-20-12-6-8-14-22(20)26(28-23)21-13-7-5-11-19(21)3/h5-18H,1-4H3. The van der Waals surface area contributed by atoms with E-state index in [2.05, 4.69) is 13.0 Å². The number of fused-ring (bicyclic) bond motifs is 1. The highest BCUT2D eigenvalue weighted by Crippen LogP contribution is 2.32. The number of nitrogens with zero attached hydrogens (tertiary/aromatic N) is 2. The number of hydrogen-bond donors (Lipinski definition) is 0. The normalized spacial score (nSPS) is 11.0. The second-order valence-corrected chi connectivity index (χ2v) is 7.89. The molecule has 0 aliphatic carbocycles. The molecule has 4 rings (SSSR count). The molecular formula is C27H26N2O2. The monoisotopic (exact) mass is 410 g/mol. The van der Waals surface area contributed by atoms with Gasteiger partial charge in [-0.15, -0.1) is 0 Å². The van der Waals surface area contributed by atoms with Gasteiger partial charge in [0.25, 0.3) is 5.91 Å². The molecule has 4 nitrogen and oxygen atoms in total. The Hall–Kier alpha value is -3.66. The number of pyridine rings is 1. The number of anilines is 1. The highest BCUT2D eigenvalue weighted by atomic mass is 16.5. The average Bonchev–Trinajstić information content (AvgIpc) is 2.78. The number of carbonyl (C=O) groups excluding carboxylic acids is 1. The fraction of sp³-hybridized carbons (Fsp3) is 0.185. The molecule has 0 saturated carbocycles. The minimum absolute atomic E-state index is 0.0103. The topological polar surface area (TPSA) is 42.4 Å². The molecule has 1 amide bonds. The molecule has 0 fully saturated rings. The summed E-state index contributed by atoms with van der Waals surface area (Å²) < 4.78 is 5.92. The maximum absolute atomic E-state index is 13.5. The van der Waals surface area contributed by atoms with Gasteiger partial charge in [0.1, 0.15) is 11.4 Å². The molecule has 0 bridgehead atoms. The lowest BCUT2D eigenvalue weighted by molar-refractivity contribution is 0.0987. The lowest BCUT2D eigenvalue weighted by Crippen LogP contribution is -2.28. The van der Waals surface area contributed by atoms with Gasteiger partial charge in [-0.05, 0) is 49.9 Å². The first-order chi connectivity index (χ1) is 15.0. The van der Waals surface area contributed by atoms with Gasteiger partial charge < -0.3 is 9.64 Å². The first-order valence-corrected chi connectivity index (χ1v) is 10.4. The Morgan fingerprint density at radius 1 is 0.935 bits per heavy atom. The van der Waals surface area contributed by atoms with E-state index in [0.29, 0.717) is 17.1 Å². The van der Waals surface area contributed by atoms with Crippen LogP contribution in [0.25, 0.3) is 22.0 Å². The third kappa shape index (κ3) is 4.15. The number of hydrogen-bond acceptors (Lipinski definition) is 3. The molecule has 1 aromatic heterocycles. The van der Waals surface area contributed by atoms with Gasteiger partial charge in [-0.25, -0.2) is 4.98 Å². The maximum Gasteiger partial charge on any atom is 0.276 e. The van der Waals surface area contributed by atoms with E-state index in [1.54, 1.807) is 11.9 Å². The summed E-state index contributed by atoms with van der Waals surface area (Å²) in [6.45, 7) is 6.00. The molecule has 0 N–H and O–H groups in total. The highest BCUT2D eigenvalue weighted by Gasteiger charge is 2.21. The van der Waals surface area contributed by atoms with Crippen molar-refractivity contribution in [3.05, 3.63) is 90.1 Å². The van der Waals surface area contributed by atoms with Crippen LogP contribution in [0.1, 0.15) is 29.9 Å². The van der Waals surface area contributed by atoms with Gasteiger partial charge in [0, 0.05) is 18.0 Å². The molecule has 0 unspecified atom stereocenters. The van der Waals surface area contributed by atoms with Crippen LogP contribution in [0.5, 0.6) is 5.75 Å². The number of carbonyl (C=O) groups is 1. The summed E-state index contributed by atoms with van der Waals surface area (Å²) in [5.41, 5.74) is 4.08. The molecule has 0 spiro atoms. The summed E-state index contributed by atoms with van der Waals surface area (Å²) in [6, 6.07) is 25.6. The fourth-order valence-corrected chi connectivity index (χ4v) is 3.72. The Labute approximate surface area is 183 Å². The van der Waals surface area contributed by atoms with Gasteiger partial charge in [0.05, 0.1) is 17.5 Å². The zero-order chi connectivity index (χ0) is 22.0. The molecule has 156 valence electrons. The van der Waals surface area contributed by atoms with Gasteiger partial charge in [0.15, 0.2) is 0 Å². The van der Waals surface area contributed by atoms with Crippen molar-refractivity contribution in [2.45, 2.75) is 26.9 Å². The van der Waals surface area contributed by atoms with Crippen LogP contribution in [0.2, 0.25) is 0 Å². The van der Waals surface area contributed by atoms with E-state index >= 15 is 0 Å². The van der Waals surface area contributed by atoms with Crippen molar-refractivity contribution in [3.63, 3.8) is 0 Å². The van der Waals surface area contributed by atoms with Crippen LogP contribution in [0.4, 0.5) is 5.69 Å². The van der Waals surface area contributed by atoms with E-state index in [1.807, 2.05) is 86.6 Å². The molecular weight excluding hydrogens is 384 g/mol. The zero-order valence-electron chi connectivity index (χ0n) is 18.3. The molecule has 1 heterocycles. The Morgan fingerprint density at radius 2 is 1.61 bits per heavy atom. The number of amides is 1. The van der Waals surface area contributed by atoms with Crippen molar-refractivity contribution in [2.75, 3.05) is 11.9 Å². The van der Waals surface area contributed by atoms with Crippen LogP contribution in [-0.2, 0) is 0 Å². The van der Waals surface area contributed by atoms with Gasteiger partial charge in [-0.2, -0.15) is 0 Å². The highest BCUT2D eigenvalue weighted by molar-refractivity contribution is 6.08. The van der Waals surface area contributed by atoms with Crippen molar-refractivity contribution in [1.29, 1.82) is 0 Å². The zero-order valence-corrected chi connectivity index (χ0v) is 18.3. The van der Waals surface area contributed by atoms with Crippen LogP contribution in [-0.4, -0.2) is 24.0 Å². The summed E-state index contributed by atoms with van der Waals surface area (Å²) in [7, 11) is 1.76. The molecule has 0 radical (unpaired) electrons. The summed E-state index contributed by atoms with van der Waals surface area (Å²) in [5.74, 6) is 0.494. The predicted octanol–water partition coefficient (Wildman–Crippen LogP) is 6.27. The molecule has 0 saturated heterocycles. The van der Waals surface area contributed by atoms with Crippen molar-refractivity contribution in [1.82, 2.24) is 4.98 Å². The predicted molar refractivity (Wildman–Crippen MR) is 127 cm³/mol. The third-order valence-corrected chi connectivity index (χ3v) is 5.25. The minimum atomic E-state index is -0.180. The number of aryl methyl sites for hydroxylation is 1. The minimum Gasteiger partial charge on any atom is -0.489 e. The van der Waals surface area contributed by atoms with Crippen LogP contribution in [0.15, 0.2) is 78.9 Å². The van der Waals surface area contributed by atoms with Crippen molar-refractivity contribution < 1.29 is 9.53 Å². The van der Waals surface area contributed by atoms with Crippen LogP contribution in [0.3, 0.4) is 0 Å². The van der Waals surface area contributed by atoms with Crippen molar-refractivity contribution in [2.24, 2.45) is 0 Å². The molecule has 3 aromatic carbocycles. The van der Waals surface area contributed by atoms with Crippen LogP contribution >= 0.6 is 0 Å². The van der Waals surface area contributed by atoms with Crippen molar-refractivity contribution in [3.8, 4) is 17.0 Å². The van der Waals surface area contributed by atoms with Crippen molar-refractivity contribution >= 4 is 22.4 Å². The Morgan fingerprint density at radius 3 is 2.39 bits per heavy atom. The summed E-state index contributed by atoms with van der Waals surface area (Å²) in [4.78, 5) is 19.9. The second-order valence-electron chi connectivity index (χ2n) is 7.89. The van der Waals surface area contributed by atoms with Gasteiger partial charge in [0.2, 0.25) is 0 Å². The molecule has 4 aromatic rings. The number of rotatable bonds is 5. The SMILES string of the molecule is Cc1ccccc1-c1nc(C(=O)N(C)c2ccccc2OC(C)C)cc2ccccc12. The molecule has 0 aliphatic rings. The summed E-state index contributed by atoms with van der Waals surface area (Å²) >= 11 is 0. The Bertz CT molecular complexity index is 1250. The number of aromatic nitrogens is 1. The lowest BCUT2D eigenvalue weighted by atomic mass is 9.99. The van der Waals surface area contributed by atoms with E-state index in [-0.39, 0.29) is 12.0 Å². The van der Waals surface area contributed by atoms with E-state index in [1.165, 1.54) is 0 Å². The molecule has 0 atom stereocenters. The second kappa shape index (κ2) is 8.60. The van der Waals surface area contributed by atoms with Gasteiger partial charge in [-0.3, -0.25) is 4.79 Å². The van der Waals surface area contributed by atoms with Crippen LogP contribution < -0.4 is 9.64 Å². The van der Waals surface area contributed by atoms with E-state index < -0.39 is 0 Å². The third-order valence-electron chi connectivity index (χ3n) is 5.25. The largest absolute Gasteiger partial charge is 0.489 e. The summed E-state index contributed by atoms with van der Waals surface area (Å²) in [6.07, 6.45) is 0.0103. The van der Waals surface area contributed by atoms with E-state index in [0.717, 1.165) is 27.6 Å². The number of para-hydroxylation sites is 2. The number of benzene rings is 3. The Balaban J connectivity index is 1.82. The average molecular weight is 411 g/mol. The fourth-order valence-electron chi connectivity index (χ4n) is 3.72. The Kier molecular flexibility index (Phi) is 5.72. The van der Waals surface area contributed by atoms with Crippen LogP contribution in [0, 0.1) is 6.92 Å². The quantitative estimate of drug-likeness (QED) is 0.389. The van der Waals surface area contributed by atoms with E-state index in [4.69, 9.17) is 9.72 Å². The molecule has 31 heavy (non-hydrogen) atoms. The molecule has 4 heteroatoms. The maximum atomic E-state index is 13.5.